The molecule has 8 nitrogen and oxygen atoms in total. The molecule has 1 fully saturated rings. The Balaban J connectivity index is 1.40. The van der Waals surface area contributed by atoms with E-state index in [1.807, 2.05) is 31.2 Å². The highest BCUT2D eigenvalue weighted by Crippen LogP contribution is 2.29. The second-order valence-electron chi connectivity index (χ2n) is 7.65. The lowest BCUT2D eigenvalue weighted by Gasteiger charge is -2.30. The average Bonchev–Trinajstić information content (AvgIpc) is 3.24. The molecule has 1 aliphatic heterocycles. The van der Waals surface area contributed by atoms with Gasteiger partial charge >= 0.3 is 0 Å². The van der Waals surface area contributed by atoms with Crippen LogP contribution >= 0.6 is 0 Å². The van der Waals surface area contributed by atoms with Crippen LogP contribution in [-0.4, -0.2) is 39.0 Å². The topological polar surface area (TPSA) is 102 Å². The summed E-state index contributed by atoms with van der Waals surface area (Å²) in [6.45, 7) is 4.81. The molecule has 1 saturated heterocycles. The standard InChI is InChI=1S/C22H22N4O4/c1-14-3-5-16(6-4-14)20-23-21(30-24-20)17-9-11-25(12-10-17)22(27)18-7-8-19(26(28)29)15(2)13-18/h3-8,13,17H,9-12H2,1-2H3. The summed E-state index contributed by atoms with van der Waals surface area (Å²) in [4.78, 5) is 29.7. The van der Waals surface area contributed by atoms with Gasteiger partial charge in [-0.2, -0.15) is 4.98 Å². The van der Waals surface area contributed by atoms with E-state index in [1.165, 1.54) is 17.7 Å². The summed E-state index contributed by atoms with van der Waals surface area (Å²) in [6, 6.07) is 12.4. The molecule has 1 aromatic heterocycles. The van der Waals surface area contributed by atoms with Crippen LogP contribution in [0.15, 0.2) is 47.0 Å². The molecule has 2 aromatic carbocycles. The van der Waals surface area contributed by atoms with Crippen molar-refractivity contribution in [2.24, 2.45) is 0 Å². The van der Waals surface area contributed by atoms with Gasteiger partial charge in [0.1, 0.15) is 0 Å². The van der Waals surface area contributed by atoms with Gasteiger partial charge in [0.05, 0.1) is 4.92 Å². The quantitative estimate of drug-likeness (QED) is 0.473. The van der Waals surface area contributed by atoms with E-state index in [-0.39, 0.29) is 17.5 Å². The first-order valence-electron chi connectivity index (χ1n) is 9.87. The molecule has 0 bridgehead atoms. The van der Waals surface area contributed by atoms with E-state index in [0.717, 1.165) is 18.4 Å². The van der Waals surface area contributed by atoms with Crippen LogP contribution in [0.5, 0.6) is 0 Å². The Morgan fingerprint density at radius 2 is 1.83 bits per heavy atom. The van der Waals surface area contributed by atoms with E-state index in [1.54, 1.807) is 17.9 Å². The molecule has 4 rings (SSSR count). The highest BCUT2D eigenvalue weighted by molar-refractivity contribution is 5.94. The average molecular weight is 406 g/mol. The third-order valence-corrected chi connectivity index (χ3v) is 5.52. The Bertz CT molecular complexity index is 1080. The molecule has 0 spiro atoms. The highest BCUT2D eigenvalue weighted by atomic mass is 16.6. The van der Waals surface area contributed by atoms with E-state index in [4.69, 9.17) is 4.52 Å². The maximum absolute atomic E-state index is 12.8. The van der Waals surface area contributed by atoms with Crippen LogP contribution in [0.1, 0.15) is 46.1 Å². The monoisotopic (exact) mass is 406 g/mol. The van der Waals surface area contributed by atoms with Gasteiger partial charge in [-0.25, -0.2) is 0 Å². The molecule has 2 heterocycles. The van der Waals surface area contributed by atoms with Crippen molar-refractivity contribution in [1.29, 1.82) is 0 Å². The van der Waals surface area contributed by atoms with Crippen molar-refractivity contribution in [3.05, 3.63) is 75.2 Å². The van der Waals surface area contributed by atoms with Gasteiger partial charge in [0.2, 0.25) is 11.7 Å². The van der Waals surface area contributed by atoms with Gasteiger partial charge in [0.15, 0.2) is 0 Å². The second-order valence-corrected chi connectivity index (χ2v) is 7.65. The van der Waals surface area contributed by atoms with Crippen molar-refractivity contribution < 1.29 is 14.2 Å². The van der Waals surface area contributed by atoms with Crippen molar-refractivity contribution in [3.8, 4) is 11.4 Å². The van der Waals surface area contributed by atoms with Crippen molar-refractivity contribution >= 4 is 11.6 Å². The zero-order valence-electron chi connectivity index (χ0n) is 16.9. The van der Waals surface area contributed by atoms with Gasteiger partial charge in [-0.15, -0.1) is 0 Å². The number of benzene rings is 2. The molecule has 1 aliphatic rings. The zero-order chi connectivity index (χ0) is 21.3. The Hall–Kier alpha value is -3.55. The molecular weight excluding hydrogens is 384 g/mol. The summed E-state index contributed by atoms with van der Waals surface area (Å²) >= 11 is 0. The number of hydrogen-bond donors (Lipinski definition) is 0. The summed E-state index contributed by atoms with van der Waals surface area (Å²) < 4.78 is 5.49. The number of nitro benzene ring substituents is 1. The Kier molecular flexibility index (Phi) is 5.31. The minimum absolute atomic E-state index is 0.0195. The Morgan fingerprint density at radius 3 is 2.47 bits per heavy atom. The molecule has 8 heteroatoms. The number of hydrogen-bond acceptors (Lipinski definition) is 6. The molecule has 0 unspecified atom stereocenters. The number of nitro groups is 1. The molecule has 0 saturated carbocycles. The Morgan fingerprint density at radius 1 is 1.13 bits per heavy atom. The number of aryl methyl sites for hydroxylation is 2. The number of piperidine rings is 1. The van der Waals surface area contributed by atoms with E-state index in [9.17, 15) is 14.9 Å². The maximum Gasteiger partial charge on any atom is 0.272 e. The SMILES string of the molecule is Cc1ccc(-c2noc(C3CCN(C(=O)c4ccc([N+](=O)[O-])c(C)c4)CC3)n2)cc1. The lowest BCUT2D eigenvalue weighted by Crippen LogP contribution is -2.38. The van der Waals surface area contributed by atoms with Crippen LogP contribution in [0.4, 0.5) is 5.69 Å². The fraction of sp³-hybridized carbons (Fsp3) is 0.318. The minimum Gasteiger partial charge on any atom is -0.339 e. The lowest BCUT2D eigenvalue weighted by molar-refractivity contribution is -0.385. The molecule has 1 amide bonds. The first-order chi connectivity index (χ1) is 14.4. The Labute approximate surface area is 173 Å². The van der Waals surface area contributed by atoms with E-state index >= 15 is 0 Å². The zero-order valence-corrected chi connectivity index (χ0v) is 16.9. The molecule has 0 atom stereocenters. The van der Waals surface area contributed by atoms with Gasteiger partial charge < -0.3 is 9.42 Å². The van der Waals surface area contributed by atoms with Gasteiger partial charge in [0.25, 0.3) is 11.6 Å². The number of amides is 1. The van der Waals surface area contributed by atoms with Crippen molar-refractivity contribution in [2.75, 3.05) is 13.1 Å². The van der Waals surface area contributed by atoms with Crippen LogP contribution in [0, 0.1) is 24.0 Å². The normalized spacial score (nSPS) is 14.7. The first kappa shape index (κ1) is 19.8. The third-order valence-electron chi connectivity index (χ3n) is 5.52. The number of carbonyl (C=O) groups excluding carboxylic acids is 1. The number of likely N-dealkylation sites (tertiary alicyclic amines) is 1. The fourth-order valence-electron chi connectivity index (χ4n) is 3.73. The van der Waals surface area contributed by atoms with Crippen molar-refractivity contribution in [1.82, 2.24) is 15.0 Å². The summed E-state index contributed by atoms with van der Waals surface area (Å²) in [5, 5.41) is 15.1. The number of carbonyl (C=O) groups is 1. The van der Waals surface area contributed by atoms with E-state index in [0.29, 0.717) is 35.9 Å². The largest absolute Gasteiger partial charge is 0.339 e. The lowest BCUT2D eigenvalue weighted by atomic mass is 9.96. The minimum atomic E-state index is -0.440. The second kappa shape index (κ2) is 8.06. The molecule has 0 aliphatic carbocycles. The number of aromatic nitrogens is 2. The first-order valence-corrected chi connectivity index (χ1v) is 9.87. The van der Waals surface area contributed by atoms with Crippen LogP contribution in [0.2, 0.25) is 0 Å². The van der Waals surface area contributed by atoms with Gasteiger partial charge in [-0.05, 0) is 38.8 Å². The van der Waals surface area contributed by atoms with Crippen LogP contribution < -0.4 is 0 Å². The number of nitrogens with zero attached hydrogens (tertiary/aromatic N) is 4. The molecule has 0 N–H and O–H groups in total. The van der Waals surface area contributed by atoms with E-state index in [2.05, 4.69) is 10.1 Å². The summed E-state index contributed by atoms with van der Waals surface area (Å²) in [6.07, 6.45) is 1.46. The maximum atomic E-state index is 12.8. The third kappa shape index (κ3) is 3.94. The predicted molar refractivity (Wildman–Crippen MR) is 110 cm³/mol. The molecule has 30 heavy (non-hydrogen) atoms. The highest BCUT2D eigenvalue weighted by Gasteiger charge is 2.28. The van der Waals surface area contributed by atoms with Crippen molar-refractivity contribution in [2.45, 2.75) is 32.6 Å². The van der Waals surface area contributed by atoms with Gasteiger partial charge in [0, 0.05) is 41.8 Å². The summed E-state index contributed by atoms with van der Waals surface area (Å²) in [7, 11) is 0. The van der Waals surface area contributed by atoms with Crippen LogP contribution in [-0.2, 0) is 0 Å². The van der Waals surface area contributed by atoms with Crippen LogP contribution in [0.25, 0.3) is 11.4 Å². The van der Waals surface area contributed by atoms with Gasteiger partial charge in [-0.3, -0.25) is 14.9 Å². The van der Waals surface area contributed by atoms with E-state index < -0.39 is 4.92 Å². The number of rotatable bonds is 4. The molecular formula is C22H22N4O4. The predicted octanol–water partition coefficient (Wildman–Crippen LogP) is 4.28. The molecule has 3 aromatic rings. The molecule has 0 radical (unpaired) electrons. The molecule has 154 valence electrons. The van der Waals surface area contributed by atoms with Crippen molar-refractivity contribution in [3.63, 3.8) is 0 Å². The summed E-state index contributed by atoms with van der Waals surface area (Å²) in [5.74, 6) is 1.17. The fourth-order valence-corrected chi connectivity index (χ4v) is 3.73. The smallest absolute Gasteiger partial charge is 0.272 e. The summed E-state index contributed by atoms with van der Waals surface area (Å²) in [5.41, 5.74) is 3.05. The van der Waals surface area contributed by atoms with Crippen LogP contribution in [0.3, 0.4) is 0 Å². The van der Waals surface area contributed by atoms with Gasteiger partial charge in [-0.1, -0.05) is 35.0 Å².